The fourth-order valence-corrected chi connectivity index (χ4v) is 4.71. The number of carbonyl (C=O) groups excluding carboxylic acids is 4. The molecule has 3 heterocycles. The summed E-state index contributed by atoms with van der Waals surface area (Å²) in [5, 5.41) is 2.19. The van der Waals surface area contributed by atoms with Crippen molar-refractivity contribution in [2.24, 2.45) is 0 Å². The molecule has 0 spiro atoms. The number of nitrogens with zero attached hydrogens (tertiary/aromatic N) is 2. The van der Waals surface area contributed by atoms with E-state index in [-0.39, 0.29) is 43.3 Å². The first-order chi connectivity index (χ1) is 15.6. The lowest BCUT2D eigenvalue weighted by Gasteiger charge is -2.33. The van der Waals surface area contributed by atoms with Crippen molar-refractivity contribution in [3.63, 3.8) is 0 Å². The summed E-state index contributed by atoms with van der Waals surface area (Å²) in [5.41, 5.74) is 1.29. The van der Waals surface area contributed by atoms with E-state index in [1.165, 1.54) is 0 Å². The van der Waals surface area contributed by atoms with Crippen LogP contribution in [0.2, 0.25) is 0 Å². The molecule has 2 saturated heterocycles. The van der Waals surface area contributed by atoms with Gasteiger partial charge in [0.25, 0.3) is 21.9 Å². The third-order valence-electron chi connectivity index (χ3n) is 5.96. The van der Waals surface area contributed by atoms with E-state index in [0.29, 0.717) is 25.9 Å². The van der Waals surface area contributed by atoms with Gasteiger partial charge in [0.05, 0.1) is 36.7 Å². The van der Waals surface area contributed by atoms with E-state index >= 15 is 0 Å². The zero-order valence-corrected chi connectivity index (χ0v) is 18.9. The third-order valence-corrected chi connectivity index (χ3v) is 6.56. The van der Waals surface area contributed by atoms with Gasteiger partial charge in [-0.3, -0.25) is 33.6 Å². The van der Waals surface area contributed by atoms with Crippen LogP contribution >= 0.6 is 0 Å². The molecule has 1 atom stereocenters. The second-order valence-corrected chi connectivity index (χ2v) is 9.90. The molecular weight excluding hydrogens is 454 g/mol. The maximum Gasteiger partial charge on any atom is 0.264 e. The fraction of sp³-hybridized carbons (Fsp3) is 0.524. The predicted molar refractivity (Wildman–Crippen MR) is 115 cm³/mol. The number of carbonyl (C=O) groups is 4. The van der Waals surface area contributed by atoms with Crippen molar-refractivity contribution >= 4 is 39.4 Å². The Morgan fingerprint density at radius 1 is 1.00 bits per heavy atom. The number of fused-ring (bicyclic) bond motifs is 1. The van der Waals surface area contributed by atoms with E-state index in [4.69, 9.17) is 4.74 Å². The number of hydrogen-bond acceptors (Lipinski definition) is 9. The maximum atomic E-state index is 13.0. The van der Waals surface area contributed by atoms with Gasteiger partial charge in [0.15, 0.2) is 0 Å². The van der Waals surface area contributed by atoms with Crippen LogP contribution in [0.4, 0.5) is 5.69 Å². The van der Waals surface area contributed by atoms with E-state index in [1.807, 2.05) is 0 Å². The first kappa shape index (κ1) is 23.3. The standard InChI is InChI=1S/C21H25N3O8S/c1-33(29,30)32-11-10-31-14-6-8-23(9-7-14)13-2-3-15-16(12-13)21(28)24(20(15)27)17-4-5-18(25)22-19(17)26/h2-3,12,14,17H,4-11H2,1H3,(H,22,25,26). The van der Waals surface area contributed by atoms with Gasteiger partial charge in [0.2, 0.25) is 11.8 Å². The number of ether oxygens (including phenoxy) is 1. The van der Waals surface area contributed by atoms with Gasteiger partial charge in [-0.25, -0.2) is 0 Å². The minimum atomic E-state index is -3.48. The second-order valence-electron chi connectivity index (χ2n) is 8.26. The Morgan fingerprint density at radius 3 is 2.36 bits per heavy atom. The van der Waals surface area contributed by atoms with E-state index in [9.17, 15) is 27.6 Å². The molecule has 0 radical (unpaired) electrons. The predicted octanol–water partition coefficient (Wildman–Crippen LogP) is 0.0494. The Morgan fingerprint density at radius 2 is 1.70 bits per heavy atom. The first-order valence-corrected chi connectivity index (χ1v) is 12.5. The lowest BCUT2D eigenvalue weighted by Crippen LogP contribution is -2.54. The topological polar surface area (TPSA) is 139 Å². The summed E-state index contributed by atoms with van der Waals surface area (Å²) >= 11 is 0. The van der Waals surface area contributed by atoms with Crippen molar-refractivity contribution in [1.82, 2.24) is 10.2 Å². The Bertz CT molecular complexity index is 1090. The second kappa shape index (κ2) is 9.20. The van der Waals surface area contributed by atoms with Crippen molar-refractivity contribution in [2.45, 2.75) is 37.8 Å². The maximum absolute atomic E-state index is 13.0. The molecule has 3 aliphatic heterocycles. The number of hydrogen-bond donors (Lipinski definition) is 1. The third kappa shape index (κ3) is 5.07. The van der Waals surface area contributed by atoms with Crippen LogP contribution in [-0.2, 0) is 28.6 Å². The van der Waals surface area contributed by atoms with Gasteiger partial charge in [0, 0.05) is 25.2 Å². The van der Waals surface area contributed by atoms with Crippen LogP contribution < -0.4 is 10.2 Å². The van der Waals surface area contributed by atoms with Crippen LogP contribution in [0, 0.1) is 0 Å². The summed E-state index contributed by atoms with van der Waals surface area (Å²) in [4.78, 5) is 52.4. The molecule has 4 rings (SSSR count). The number of anilines is 1. The van der Waals surface area contributed by atoms with Crippen molar-refractivity contribution in [1.29, 1.82) is 0 Å². The molecule has 2 fully saturated rings. The smallest absolute Gasteiger partial charge is 0.264 e. The number of imide groups is 2. The molecule has 4 amide bonds. The Kier molecular flexibility index (Phi) is 6.50. The quantitative estimate of drug-likeness (QED) is 0.326. The molecule has 178 valence electrons. The largest absolute Gasteiger partial charge is 0.376 e. The van der Waals surface area contributed by atoms with Gasteiger partial charge in [-0.05, 0) is 37.5 Å². The highest BCUT2D eigenvalue weighted by molar-refractivity contribution is 7.85. The average Bonchev–Trinajstić information content (AvgIpc) is 3.01. The molecular formula is C21H25N3O8S. The molecule has 0 aliphatic carbocycles. The number of nitrogens with one attached hydrogen (secondary N) is 1. The van der Waals surface area contributed by atoms with E-state index in [0.717, 1.165) is 16.8 Å². The Balaban J connectivity index is 1.37. The molecule has 0 aromatic heterocycles. The summed E-state index contributed by atoms with van der Waals surface area (Å²) in [6, 6.07) is 4.06. The summed E-state index contributed by atoms with van der Waals surface area (Å²) in [5.74, 6) is -2.11. The van der Waals surface area contributed by atoms with Gasteiger partial charge in [0.1, 0.15) is 6.04 Å². The SMILES string of the molecule is CS(=O)(=O)OCCOC1CCN(c2ccc3c(c2)C(=O)N(C2CCC(=O)NC2=O)C3=O)CC1. The van der Waals surface area contributed by atoms with Crippen LogP contribution in [0.15, 0.2) is 18.2 Å². The van der Waals surface area contributed by atoms with Gasteiger partial charge in [-0.1, -0.05) is 0 Å². The zero-order valence-electron chi connectivity index (χ0n) is 18.1. The number of rotatable bonds is 7. The van der Waals surface area contributed by atoms with Crippen LogP contribution in [0.25, 0.3) is 0 Å². The number of piperidine rings is 2. The molecule has 1 aromatic rings. The molecule has 33 heavy (non-hydrogen) atoms. The molecule has 1 aromatic carbocycles. The molecule has 1 N–H and O–H groups in total. The Labute approximate surface area is 191 Å². The molecule has 3 aliphatic rings. The number of benzene rings is 1. The highest BCUT2D eigenvalue weighted by atomic mass is 32.2. The van der Waals surface area contributed by atoms with Gasteiger partial charge in [-0.15, -0.1) is 0 Å². The van der Waals surface area contributed by atoms with Crippen molar-refractivity contribution < 1.29 is 36.5 Å². The van der Waals surface area contributed by atoms with E-state index in [1.54, 1.807) is 18.2 Å². The fourth-order valence-electron chi connectivity index (χ4n) is 4.34. The number of amides is 4. The average molecular weight is 480 g/mol. The monoisotopic (exact) mass is 479 g/mol. The first-order valence-electron chi connectivity index (χ1n) is 10.7. The molecule has 1 unspecified atom stereocenters. The van der Waals surface area contributed by atoms with Crippen LogP contribution in [-0.4, -0.2) is 81.7 Å². The Hall–Kier alpha value is -2.83. The van der Waals surface area contributed by atoms with Gasteiger partial charge >= 0.3 is 0 Å². The molecule has 0 bridgehead atoms. The molecule has 11 nitrogen and oxygen atoms in total. The summed E-state index contributed by atoms with van der Waals surface area (Å²) < 4.78 is 32.3. The lowest BCUT2D eigenvalue weighted by atomic mass is 10.0. The molecule has 0 saturated carbocycles. The van der Waals surface area contributed by atoms with Gasteiger partial charge < -0.3 is 9.64 Å². The zero-order chi connectivity index (χ0) is 23.8. The highest BCUT2D eigenvalue weighted by Gasteiger charge is 2.44. The van der Waals surface area contributed by atoms with Crippen molar-refractivity contribution in [3.05, 3.63) is 29.3 Å². The minimum absolute atomic E-state index is 0.0231. The molecule has 12 heteroatoms. The van der Waals surface area contributed by atoms with Gasteiger partial charge in [-0.2, -0.15) is 8.42 Å². The minimum Gasteiger partial charge on any atom is -0.376 e. The summed E-state index contributed by atoms with van der Waals surface area (Å²) in [6.45, 7) is 1.48. The van der Waals surface area contributed by atoms with E-state index in [2.05, 4.69) is 14.4 Å². The van der Waals surface area contributed by atoms with Crippen molar-refractivity contribution in [3.8, 4) is 0 Å². The lowest BCUT2D eigenvalue weighted by molar-refractivity contribution is -0.136. The normalized spacial score (nSPS) is 22.0. The van der Waals surface area contributed by atoms with Crippen LogP contribution in [0.3, 0.4) is 0 Å². The van der Waals surface area contributed by atoms with Crippen LogP contribution in [0.1, 0.15) is 46.4 Å². The van der Waals surface area contributed by atoms with Crippen molar-refractivity contribution in [2.75, 3.05) is 37.5 Å². The summed E-state index contributed by atoms with van der Waals surface area (Å²) in [6.07, 6.45) is 2.59. The van der Waals surface area contributed by atoms with Crippen LogP contribution in [0.5, 0.6) is 0 Å². The van der Waals surface area contributed by atoms with E-state index < -0.39 is 39.8 Å². The summed E-state index contributed by atoms with van der Waals surface area (Å²) in [7, 11) is -3.48. The highest BCUT2D eigenvalue weighted by Crippen LogP contribution is 2.31.